The molecule has 0 spiro atoms. The van der Waals surface area contributed by atoms with Crippen LogP contribution < -0.4 is 4.90 Å². The molecular formula is C25H29F4NO3. The van der Waals surface area contributed by atoms with Crippen LogP contribution in [0.2, 0.25) is 0 Å². The van der Waals surface area contributed by atoms with Crippen molar-refractivity contribution in [1.82, 2.24) is 0 Å². The van der Waals surface area contributed by atoms with Gasteiger partial charge in [-0.2, -0.15) is 0 Å². The predicted octanol–water partition coefficient (Wildman–Crippen LogP) is 5.72. The molecule has 1 amide bonds. The van der Waals surface area contributed by atoms with Crippen LogP contribution >= 0.6 is 0 Å². The van der Waals surface area contributed by atoms with Gasteiger partial charge < -0.3 is 9.64 Å². The molecule has 180 valence electrons. The number of hydrogen-bond donors (Lipinski definition) is 0. The molecule has 2 rings (SSSR count). The third-order valence-corrected chi connectivity index (χ3v) is 4.91. The van der Waals surface area contributed by atoms with Crippen molar-refractivity contribution in [2.45, 2.75) is 58.5 Å². The van der Waals surface area contributed by atoms with Crippen molar-refractivity contribution in [3.63, 3.8) is 0 Å². The molecule has 0 aliphatic rings. The Labute approximate surface area is 191 Å². The number of nitrogens with zero attached hydrogens (tertiary/aromatic N) is 1. The minimum Gasteiger partial charge on any atom is -0.460 e. The number of alkyl halides is 2. The normalized spacial score (nSPS) is 12.5. The molecule has 0 bridgehead atoms. The van der Waals surface area contributed by atoms with Crippen LogP contribution in [0.25, 0.3) is 0 Å². The molecule has 0 heterocycles. The van der Waals surface area contributed by atoms with E-state index < -0.39 is 35.5 Å². The average Bonchev–Trinajstić information content (AvgIpc) is 2.68. The molecule has 0 saturated carbocycles. The van der Waals surface area contributed by atoms with E-state index >= 15 is 0 Å². The molecule has 0 aliphatic heterocycles. The van der Waals surface area contributed by atoms with Crippen molar-refractivity contribution in [3.05, 3.63) is 65.2 Å². The number of hydrogen-bond acceptors (Lipinski definition) is 3. The number of amides is 1. The highest BCUT2D eigenvalue weighted by atomic mass is 19.3. The molecule has 2 aromatic rings. The van der Waals surface area contributed by atoms with Gasteiger partial charge in [0.2, 0.25) is 12.3 Å². The Hall–Kier alpha value is -2.90. The molecule has 0 saturated heterocycles. The number of carbonyl (C=O) groups excluding carboxylic acids is 2. The van der Waals surface area contributed by atoms with E-state index in [0.29, 0.717) is 11.3 Å². The zero-order valence-corrected chi connectivity index (χ0v) is 19.2. The van der Waals surface area contributed by atoms with Gasteiger partial charge in [-0.1, -0.05) is 12.1 Å². The van der Waals surface area contributed by atoms with Gasteiger partial charge in [-0.3, -0.25) is 9.59 Å². The van der Waals surface area contributed by atoms with Gasteiger partial charge in [-0.05, 0) is 69.0 Å². The van der Waals surface area contributed by atoms with Crippen molar-refractivity contribution >= 4 is 17.6 Å². The van der Waals surface area contributed by atoms with E-state index in [1.807, 2.05) is 0 Å². The Morgan fingerprint density at radius 3 is 2.03 bits per heavy atom. The minimum atomic E-state index is -2.47. The number of anilines is 1. The first-order chi connectivity index (χ1) is 15.3. The fourth-order valence-electron chi connectivity index (χ4n) is 3.45. The molecule has 0 fully saturated rings. The van der Waals surface area contributed by atoms with Crippen molar-refractivity contribution in [1.29, 1.82) is 0 Å². The van der Waals surface area contributed by atoms with Gasteiger partial charge in [0.15, 0.2) is 0 Å². The summed E-state index contributed by atoms with van der Waals surface area (Å²) in [6.07, 6.45) is -2.78. The van der Waals surface area contributed by atoms with Crippen LogP contribution in [0.4, 0.5) is 23.2 Å². The fraction of sp³-hybridized carbons (Fsp3) is 0.440. The summed E-state index contributed by atoms with van der Waals surface area (Å²) in [5.41, 5.74) is 0.520. The van der Waals surface area contributed by atoms with Crippen molar-refractivity contribution in [2.75, 3.05) is 11.9 Å². The fourth-order valence-corrected chi connectivity index (χ4v) is 3.45. The second kappa shape index (κ2) is 11.3. The molecule has 4 nitrogen and oxygen atoms in total. The van der Waals surface area contributed by atoms with Gasteiger partial charge in [0.1, 0.15) is 17.2 Å². The largest absolute Gasteiger partial charge is 0.460 e. The molecule has 0 unspecified atom stereocenters. The monoisotopic (exact) mass is 467 g/mol. The maximum absolute atomic E-state index is 13.7. The van der Waals surface area contributed by atoms with E-state index in [-0.39, 0.29) is 37.2 Å². The van der Waals surface area contributed by atoms with Gasteiger partial charge in [-0.25, -0.2) is 17.6 Å². The zero-order valence-electron chi connectivity index (χ0n) is 19.2. The Bertz CT molecular complexity index is 935. The highest BCUT2D eigenvalue weighted by molar-refractivity contribution is 5.95. The number of benzene rings is 2. The Kier molecular flexibility index (Phi) is 9.02. The van der Waals surface area contributed by atoms with Crippen molar-refractivity contribution in [2.24, 2.45) is 5.92 Å². The van der Waals surface area contributed by atoms with Gasteiger partial charge in [0.25, 0.3) is 0 Å². The lowest BCUT2D eigenvalue weighted by atomic mass is 9.93. The Morgan fingerprint density at radius 2 is 1.52 bits per heavy atom. The topological polar surface area (TPSA) is 46.6 Å². The van der Waals surface area contributed by atoms with Gasteiger partial charge in [0, 0.05) is 37.6 Å². The summed E-state index contributed by atoms with van der Waals surface area (Å²) >= 11 is 0. The highest BCUT2D eigenvalue weighted by Gasteiger charge is 2.26. The first-order valence-electron chi connectivity index (χ1n) is 10.7. The molecule has 33 heavy (non-hydrogen) atoms. The molecule has 0 radical (unpaired) electrons. The van der Waals surface area contributed by atoms with E-state index in [0.717, 1.165) is 18.2 Å². The predicted molar refractivity (Wildman–Crippen MR) is 118 cm³/mol. The summed E-state index contributed by atoms with van der Waals surface area (Å²) in [6, 6.07) is 9.19. The molecule has 0 aromatic heterocycles. The van der Waals surface area contributed by atoms with Gasteiger partial charge in [0.05, 0.1) is 0 Å². The summed E-state index contributed by atoms with van der Waals surface area (Å²) in [4.78, 5) is 26.8. The summed E-state index contributed by atoms with van der Waals surface area (Å²) in [5.74, 6) is -3.13. The van der Waals surface area contributed by atoms with E-state index in [1.54, 1.807) is 32.9 Å². The van der Waals surface area contributed by atoms with Crippen LogP contribution in [0.3, 0.4) is 0 Å². The molecule has 2 aromatic carbocycles. The maximum Gasteiger partial charge on any atom is 0.306 e. The number of ether oxygens (including phenoxy) is 1. The maximum atomic E-state index is 13.7. The van der Waals surface area contributed by atoms with Crippen LogP contribution in [0.15, 0.2) is 42.5 Å². The first-order valence-corrected chi connectivity index (χ1v) is 10.7. The van der Waals surface area contributed by atoms with Crippen LogP contribution in [-0.2, 0) is 27.2 Å². The van der Waals surface area contributed by atoms with Crippen LogP contribution in [0.5, 0.6) is 0 Å². The molecule has 0 aliphatic carbocycles. The minimum absolute atomic E-state index is 0.0180. The summed E-state index contributed by atoms with van der Waals surface area (Å²) in [6.45, 7) is 5.19. The number of esters is 1. The Balaban J connectivity index is 2.20. The Morgan fingerprint density at radius 1 is 0.939 bits per heavy atom. The lowest BCUT2D eigenvalue weighted by Gasteiger charge is -2.25. The first kappa shape index (κ1) is 26.4. The average molecular weight is 468 g/mol. The number of carbonyl (C=O) groups is 2. The number of rotatable bonds is 9. The second-order valence-electron chi connectivity index (χ2n) is 8.96. The standard InChI is InChI=1S/C25H29F4NO3/c1-25(2,3)33-23(31)10-7-18(11-17-12-19(26)15-20(27)13-17)24(32)30(4)21-8-5-16(6-9-21)14-22(28)29/h5-6,8-9,12-13,15,18,22H,7,10-11,14H2,1-4H3/t18-/m0/s1. The summed E-state index contributed by atoms with van der Waals surface area (Å²) in [5, 5.41) is 0. The third-order valence-electron chi connectivity index (χ3n) is 4.91. The molecule has 1 atom stereocenters. The smallest absolute Gasteiger partial charge is 0.306 e. The summed E-state index contributed by atoms with van der Waals surface area (Å²) < 4.78 is 57.8. The van der Waals surface area contributed by atoms with E-state index in [2.05, 4.69) is 0 Å². The van der Waals surface area contributed by atoms with Crippen LogP contribution in [0.1, 0.15) is 44.7 Å². The number of halogens is 4. The molecule has 8 heteroatoms. The zero-order chi connectivity index (χ0) is 24.8. The van der Waals surface area contributed by atoms with Gasteiger partial charge in [-0.15, -0.1) is 0 Å². The van der Waals surface area contributed by atoms with Crippen LogP contribution in [0, 0.1) is 17.6 Å². The lowest BCUT2D eigenvalue weighted by molar-refractivity contribution is -0.155. The van der Waals surface area contributed by atoms with Gasteiger partial charge >= 0.3 is 5.97 Å². The molecule has 0 N–H and O–H groups in total. The van der Waals surface area contributed by atoms with Crippen molar-refractivity contribution < 1.29 is 31.9 Å². The SMILES string of the molecule is CN(C(=O)[C@@H](CCC(=O)OC(C)(C)C)Cc1cc(F)cc(F)c1)c1ccc(CC(F)F)cc1. The van der Waals surface area contributed by atoms with Crippen molar-refractivity contribution in [3.8, 4) is 0 Å². The second-order valence-corrected chi connectivity index (χ2v) is 8.96. The highest BCUT2D eigenvalue weighted by Crippen LogP contribution is 2.24. The quantitative estimate of drug-likeness (QED) is 0.350. The summed E-state index contributed by atoms with van der Waals surface area (Å²) in [7, 11) is 1.52. The molecular weight excluding hydrogens is 438 g/mol. The van der Waals surface area contributed by atoms with E-state index in [4.69, 9.17) is 4.74 Å². The lowest BCUT2D eigenvalue weighted by Crippen LogP contribution is -2.35. The van der Waals surface area contributed by atoms with E-state index in [9.17, 15) is 27.2 Å². The third kappa shape index (κ3) is 8.86. The van der Waals surface area contributed by atoms with E-state index in [1.165, 1.54) is 24.1 Å². The van der Waals surface area contributed by atoms with Crippen LogP contribution in [-0.4, -0.2) is 31.0 Å².